The molecule has 2 aromatic heterocycles. The zero-order valence-corrected chi connectivity index (χ0v) is 25.8. The predicted molar refractivity (Wildman–Crippen MR) is 171 cm³/mol. The van der Waals surface area contributed by atoms with Gasteiger partial charge in [0, 0.05) is 41.1 Å². The van der Waals surface area contributed by atoms with Gasteiger partial charge in [-0.1, -0.05) is 42.5 Å². The molecule has 4 aromatic carbocycles. The van der Waals surface area contributed by atoms with E-state index in [0.717, 1.165) is 54.7 Å². The van der Waals surface area contributed by atoms with Gasteiger partial charge in [0.15, 0.2) is 17.2 Å². The van der Waals surface area contributed by atoms with E-state index in [9.17, 15) is 14.7 Å². The van der Waals surface area contributed by atoms with Crippen molar-refractivity contribution in [2.45, 2.75) is 44.0 Å². The first-order valence-corrected chi connectivity index (χ1v) is 15.3. The number of amides is 1. The fraction of sp³-hybridized carbons (Fsp3) is 0.278. The molecule has 1 N–H and O–H groups in total. The maximum Gasteiger partial charge on any atom is 0.343 e. The predicted octanol–water partition coefficient (Wildman–Crippen LogP) is 5.58. The molecule has 3 aliphatic heterocycles. The van der Waals surface area contributed by atoms with Crippen LogP contribution in [0.15, 0.2) is 66.7 Å². The van der Waals surface area contributed by atoms with Crippen molar-refractivity contribution >= 4 is 55.5 Å². The van der Waals surface area contributed by atoms with Gasteiger partial charge in [-0.05, 0) is 42.3 Å². The summed E-state index contributed by atoms with van der Waals surface area (Å²) in [5, 5.41) is 15.8. The molecule has 0 aliphatic carbocycles. The Labute approximate surface area is 263 Å². The molecule has 3 aliphatic rings. The van der Waals surface area contributed by atoms with Crippen molar-refractivity contribution in [2.24, 2.45) is 0 Å². The number of aliphatic hydroxyl groups is 1. The van der Waals surface area contributed by atoms with Crippen molar-refractivity contribution in [1.29, 1.82) is 0 Å². The fourth-order valence-corrected chi connectivity index (χ4v) is 8.35. The van der Waals surface area contributed by atoms with Crippen LogP contribution in [0.5, 0.6) is 11.5 Å². The van der Waals surface area contributed by atoms with Crippen LogP contribution in [0.3, 0.4) is 0 Å². The molecule has 9 rings (SSSR count). The fourth-order valence-electron chi connectivity index (χ4n) is 8.35. The number of methoxy groups -OCH3 is 3. The Morgan fingerprint density at radius 2 is 1.63 bits per heavy atom. The number of carbonyl (C=O) groups excluding carboxylic acids is 2. The van der Waals surface area contributed by atoms with Crippen molar-refractivity contribution in [1.82, 2.24) is 14.0 Å². The number of fused-ring (bicyclic) bond motifs is 13. The number of benzene rings is 4. The highest BCUT2D eigenvalue weighted by Crippen LogP contribution is 2.58. The van der Waals surface area contributed by atoms with E-state index in [1.54, 1.807) is 21.1 Å². The van der Waals surface area contributed by atoms with E-state index in [0.29, 0.717) is 30.2 Å². The lowest BCUT2D eigenvalue weighted by atomic mass is 9.88. The highest BCUT2D eigenvalue weighted by Gasteiger charge is 2.66. The van der Waals surface area contributed by atoms with Crippen LogP contribution in [0.1, 0.15) is 41.1 Å². The largest absolute Gasteiger partial charge is 0.493 e. The Hall–Kier alpha value is -5.06. The molecule has 0 unspecified atom stereocenters. The van der Waals surface area contributed by atoms with Crippen LogP contribution in [0.2, 0.25) is 0 Å². The average Bonchev–Trinajstić information content (AvgIpc) is 3.75. The van der Waals surface area contributed by atoms with Gasteiger partial charge >= 0.3 is 5.97 Å². The van der Waals surface area contributed by atoms with Gasteiger partial charge < -0.3 is 38.1 Å². The number of nitrogens with zero attached hydrogens (tertiary/aromatic N) is 3. The summed E-state index contributed by atoms with van der Waals surface area (Å²) in [5.41, 5.74) is 2.29. The number of carbonyl (C=O) groups is 2. The van der Waals surface area contributed by atoms with E-state index >= 15 is 0 Å². The number of hydrogen-bond donors (Lipinski definition) is 1. The molecule has 46 heavy (non-hydrogen) atoms. The zero-order chi connectivity index (χ0) is 31.7. The van der Waals surface area contributed by atoms with E-state index in [4.69, 9.17) is 18.9 Å². The second kappa shape index (κ2) is 9.02. The van der Waals surface area contributed by atoms with Gasteiger partial charge in [0.2, 0.25) is 5.60 Å². The van der Waals surface area contributed by atoms with Crippen LogP contribution in [0.4, 0.5) is 0 Å². The SMILES string of the molecule is COC(=O)[C@]1(O)C[C@@H]2O[C@@]1(C)n1c3ccccc3c3c4c(c5c6ccccc6n2c5c31)CN(Cc1ccc(OC)c(OC)c1)C4=O. The molecule has 1 fully saturated rings. The first kappa shape index (κ1) is 27.3. The molecule has 10 nitrogen and oxygen atoms in total. The molecule has 1 amide bonds. The lowest BCUT2D eigenvalue weighted by Crippen LogP contribution is -2.56. The highest BCUT2D eigenvalue weighted by molar-refractivity contribution is 6.31. The molecular formula is C36H31N3O7. The number of hydrogen-bond acceptors (Lipinski definition) is 7. The molecule has 10 heteroatoms. The van der Waals surface area contributed by atoms with Gasteiger partial charge in [0.1, 0.15) is 6.23 Å². The van der Waals surface area contributed by atoms with Crippen molar-refractivity contribution < 1.29 is 33.6 Å². The summed E-state index contributed by atoms with van der Waals surface area (Å²) in [4.78, 5) is 29.9. The molecule has 0 radical (unpaired) electrons. The Morgan fingerprint density at radius 1 is 0.935 bits per heavy atom. The zero-order valence-electron chi connectivity index (χ0n) is 25.8. The van der Waals surface area contributed by atoms with E-state index in [1.807, 2.05) is 70.1 Å². The van der Waals surface area contributed by atoms with Gasteiger partial charge in [-0.15, -0.1) is 0 Å². The number of rotatable bonds is 5. The van der Waals surface area contributed by atoms with Gasteiger partial charge in [0.25, 0.3) is 5.91 Å². The first-order valence-electron chi connectivity index (χ1n) is 15.3. The average molecular weight is 618 g/mol. The van der Waals surface area contributed by atoms with Crippen LogP contribution < -0.4 is 9.47 Å². The standard InChI is InChI=1S/C36H31N3O7/c1-35-36(42,34(41)45-4)16-27(46-35)38-23-11-7-5-9-20(23)28-22-18-37(17-19-13-14-25(43-2)26(15-19)44-3)33(40)30(22)29-21-10-6-8-12-24(21)39(35)32(29)31(28)38/h5-15,27,42H,16-18H2,1-4H3/t27-,35+,36+/m0/s1. The minimum atomic E-state index is -2.00. The highest BCUT2D eigenvalue weighted by atomic mass is 16.6. The second-order valence-electron chi connectivity index (χ2n) is 12.5. The smallest absolute Gasteiger partial charge is 0.343 e. The Balaban J connectivity index is 1.39. The van der Waals surface area contributed by atoms with Crippen molar-refractivity contribution in [3.63, 3.8) is 0 Å². The van der Waals surface area contributed by atoms with E-state index in [2.05, 4.69) is 10.6 Å². The lowest BCUT2D eigenvalue weighted by Gasteiger charge is -2.37. The third-order valence-electron chi connectivity index (χ3n) is 10.4. The van der Waals surface area contributed by atoms with Gasteiger partial charge in [-0.25, -0.2) is 4.79 Å². The van der Waals surface area contributed by atoms with Crippen molar-refractivity contribution in [3.05, 3.63) is 83.4 Å². The molecule has 3 atom stereocenters. The molecule has 0 saturated carbocycles. The maximum absolute atomic E-state index is 14.7. The minimum absolute atomic E-state index is 0.00116. The normalized spacial score (nSPS) is 23.2. The summed E-state index contributed by atoms with van der Waals surface area (Å²) < 4.78 is 27.0. The summed E-state index contributed by atoms with van der Waals surface area (Å²) in [6, 6.07) is 21.6. The monoisotopic (exact) mass is 617 g/mol. The van der Waals surface area contributed by atoms with Crippen LogP contribution in [0.25, 0.3) is 43.6 Å². The quantitative estimate of drug-likeness (QED) is 0.252. The van der Waals surface area contributed by atoms with Crippen LogP contribution in [0, 0.1) is 0 Å². The van der Waals surface area contributed by atoms with Gasteiger partial charge in [-0.2, -0.15) is 0 Å². The van der Waals surface area contributed by atoms with Crippen LogP contribution in [-0.4, -0.2) is 57.9 Å². The van der Waals surface area contributed by atoms with Crippen molar-refractivity contribution in [2.75, 3.05) is 21.3 Å². The number of para-hydroxylation sites is 2. The van der Waals surface area contributed by atoms with Gasteiger partial charge in [-0.3, -0.25) is 4.79 Å². The summed E-state index contributed by atoms with van der Waals surface area (Å²) in [5.74, 6) is 0.370. The first-order chi connectivity index (χ1) is 22.3. The number of ether oxygens (including phenoxy) is 4. The minimum Gasteiger partial charge on any atom is -0.493 e. The van der Waals surface area contributed by atoms with Crippen molar-refractivity contribution in [3.8, 4) is 11.5 Å². The lowest BCUT2D eigenvalue weighted by molar-refractivity contribution is -0.202. The second-order valence-corrected chi connectivity index (χ2v) is 12.5. The van der Waals surface area contributed by atoms with E-state index in [-0.39, 0.29) is 12.3 Å². The molecule has 5 heterocycles. The summed E-state index contributed by atoms with van der Waals surface area (Å²) in [6.07, 6.45) is -0.671. The summed E-state index contributed by atoms with van der Waals surface area (Å²) in [6.45, 7) is 2.53. The van der Waals surface area contributed by atoms with Crippen LogP contribution >= 0.6 is 0 Å². The van der Waals surface area contributed by atoms with Crippen LogP contribution in [-0.2, 0) is 33.1 Å². The number of esters is 1. The van der Waals surface area contributed by atoms with E-state index in [1.165, 1.54) is 7.11 Å². The Bertz CT molecular complexity index is 2340. The van der Waals surface area contributed by atoms with E-state index < -0.39 is 23.5 Å². The topological polar surface area (TPSA) is 104 Å². The molecule has 1 saturated heterocycles. The molecule has 232 valence electrons. The molecule has 2 bridgehead atoms. The Kier molecular flexibility index (Phi) is 5.35. The third-order valence-corrected chi connectivity index (χ3v) is 10.4. The summed E-state index contributed by atoms with van der Waals surface area (Å²) >= 11 is 0. The third kappa shape index (κ3) is 3.08. The Morgan fingerprint density at radius 3 is 2.35 bits per heavy atom. The molecule has 6 aromatic rings. The maximum atomic E-state index is 14.7. The summed E-state index contributed by atoms with van der Waals surface area (Å²) in [7, 11) is 4.47. The molecular weight excluding hydrogens is 586 g/mol. The van der Waals surface area contributed by atoms with Gasteiger partial charge in [0.05, 0.1) is 49.0 Å². The molecule has 0 spiro atoms. The number of aromatic nitrogens is 2.